The van der Waals surface area contributed by atoms with E-state index in [0.717, 1.165) is 11.4 Å². The van der Waals surface area contributed by atoms with E-state index >= 15 is 0 Å². The summed E-state index contributed by atoms with van der Waals surface area (Å²) < 4.78 is 0. The van der Waals surface area contributed by atoms with Crippen LogP contribution in [0.15, 0.2) is 170 Å². The molecule has 0 bridgehead atoms. The molecule has 242 valence electrons. The van der Waals surface area contributed by atoms with Crippen LogP contribution in [0.4, 0.5) is 34.1 Å². The second kappa shape index (κ2) is 11.4. The van der Waals surface area contributed by atoms with Crippen LogP contribution in [0.25, 0.3) is 22.3 Å². The van der Waals surface area contributed by atoms with Crippen LogP contribution in [0.5, 0.6) is 0 Å². The molecule has 2 heteroatoms. The molecule has 9 rings (SSSR count). The molecule has 2 aliphatic heterocycles. The SMILES string of the molecule is CC1(C)c2ccccc2N(c2cccc(-c3cccc(-c4cccc(N5c6ccccc6C(C)(C)c6ccccc65)c4)c3)c2)c2ccccc21. The highest BCUT2D eigenvalue weighted by atomic mass is 15.2. The summed E-state index contributed by atoms with van der Waals surface area (Å²) in [6, 6.07) is 62.4. The van der Waals surface area contributed by atoms with Crippen LogP contribution >= 0.6 is 0 Å². The Balaban J connectivity index is 1.11. The van der Waals surface area contributed by atoms with Crippen molar-refractivity contribution in [2.24, 2.45) is 0 Å². The van der Waals surface area contributed by atoms with E-state index < -0.39 is 0 Å². The molecular formula is C48H40N2. The van der Waals surface area contributed by atoms with Gasteiger partial charge in [0.05, 0.1) is 22.7 Å². The third-order valence-electron chi connectivity index (χ3n) is 11.0. The topological polar surface area (TPSA) is 6.48 Å². The van der Waals surface area contributed by atoms with Gasteiger partial charge in [0.25, 0.3) is 0 Å². The van der Waals surface area contributed by atoms with E-state index in [4.69, 9.17) is 0 Å². The van der Waals surface area contributed by atoms with Gasteiger partial charge in [-0.1, -0.05) is 143 Å². The number of hydrogen-bond acceptors (Lipinski definition) is 2. The highest BCUT2D eigenvalue weighted by molar-refractivity contribution is 5.89. The summed E-state index contributed by atoms with van der Waals surface area (Å²) in [5.74, 6) is 0. The quantitative estimate of drug-likeness (QED) is 0.188. The molecule has 7 aromatic carbocycles. The normalized spacial score (nSPS) is 15.0. The highest BCUT2D eigenvalue weighted by Gasteiger charge is 2.37. The maximum atomic E-state index is 2.43. The first-order valence-corrected chi connectivity index (χ1v) is 17.6. The van der Waals surface area contributed by atoms with Crippen LogP contribution in [0.1, 0.15) is 49.9 Å². The van der Waals surface area contributed by atoms with Gasteiger partial charge in [0.1, 0.15) is 0 Å². The van der Waals surface area contributed by atoms with Gasteiger partial charge < -0.3 is 9.80 Å². The maximum Gasteiger partial charge on any atom is 0.0502 e. The predicted octanol–water partition coefficient (Wildman–Crippen LogP) is 13.2. The van der Waals surface area contributed by atoms with Gasteiger partial charge in [-0.3, -0.25) is 0 Å². The summed E-state index contributed by atoms with van der Waals surface area (Å²) in [6.45, 7) is 9.34. The van der Waals surface area contributed by atoms with E-state index in [0.29, 0.717) is 0 Å². The third kappa shape index (κ3) is 4.63. The molecule has 0 saturated heterocycles. The molecule has 0 N–H and O–H groups in total. The van der Waals surface area contributed by atoms with Crippen LogP contribution < -0.4 is 9.80 Å². The monoisotopic (exact) mass is 644 g/mol. The molecule has 0 radical (unpaired) electrons. The van der Waals surface area contributed by atoms with Crippen LogP contribution in [0.3, 0.4) is 0 Å². The Bertz CT molecular complexity index is 2150. The Morgan fingerprint density at radius 1 is 0.300 bits per heavy atom. The minimum absolute atomic E-state index is 0.0846. The molecule has 2 nitrogen and oxygen atoms in total. The van der Waals surface area contributed by atoms with Crippen molar-refractivity contribution in [3.63, 3.8) is 0 Å². The van der Waals surface area contributed by atoms with Gasteiger partial charge in [0.2, 0.25) is 0 Å². The maximum absolute atomic E-state index is 2.43. The molecular weight excluding hydrogens is 605 g/mol. The van der Waals surface area contributed by atoms with Crippen molar-refractivity contribution in [1.82, 2.24) is 0 Å². The third-order valence-corrected chi connectivity index (χ3v) is 11.0. The minimum Gasteiger partial charge on any atom is -0.310 e. The Kier molecular flexibility index (Phi) is 6.86. The van der Waals surface area contributed by atoms with Gasteiger partial charge in [-0.05, 0) is 99.1 Å². The zero-order valence-electron chi connectivity index (χ0n) is 29.1. The number of fused-ring (bicyclic) bond motifs is 4. The van der Waals surface area contributed by atoms with Crippen molar-refractivity contribution in [3.8, 4) is 22.3 Å². The molecule has 7 aromatic rings. The Morgan fingerprint density at radius 3 is 0.920 bits per heavy atom. The Hall–Kier alpha value is -5.86. The van der Waals surface area contributed by atoms with Gasteiger partial charge in [0, 0.05) is 22.2 Å². The van der Waals surface area contributed by atoms with Crippen molar-refractivity contribution in [3.05, 3.63) is 192 Å². The molecule has 0 fully saturated rings. The van der Waals surface area contributed by atoms with E-state index in [1.54, 1.807) is 0 Å². The number of anilines is 6. The van der Waals surface area contributed by atoms with Gasteiger partial charge in [-0.15, -0.1) is 0 Å². The molecule has 0 amide bonds. The number of hydrogen-bond donors (Lipinski definition) is 0. The van der Waals surface area contributed by atoms with Crippen LogP contribution in [0.2, 0.25) is 0 Å². The molecule has 0 spiro atoms. The predicted molar refractivity (Wildman–Crippen MR) is 211 cm³/mol. The number of para-hydroxylation sites is 4. The Morgan fingerprint density at radius 2 is 0.580 bits per heavy atom. The van der Waals surface area contributed by atoms with Crippen LogP contribution in [-0.4, -0.2) is 0 Å². The lowest BCUT2D eigenvalue weighted by Crippen LogP contribution is -2.30. The zero-order valence-corrected chi connectivity index (χ0v) is 29.1. The minimum atomic E-state index is -0.0846. The first-order valence-electron chi connectivity index (χ1n) is 17.6. The lowest BCUT2D eigenvalue weighted by molar-refractivity contribution is 0.632. The number of benzene rings is 7. The standard InChI is InChI=1S/C48H40N2/c1-47(2)39-22-5-9-26-43(39)49(44-27-10-6-23-40(44)47)37-20-14-18-35(31-37)33-16-13-17-34(30-33)36-19-15-21-38(32-36)50-45-28-11-7-24-41(45)48(3,4)42-25-8-12-29-46(42)50/h5-32H,1-4H3. The van der Waals surface area contributed by atoms with Crippen LogP contribution in [-0.2, 0) is 10.8 Å². The van der Waals surface area contributed by atoms with Gasteiger partial charge in [-0.2, -0.15) is 0 Å². The summed E-state index contributed by atoms with van der Waals surface area (Å²) in [5.41, 5.74) is 17.3. The molecule has 50 heavy (non-hydrogen) atoms. The van der Waals surface area contributed by atoms with E-state index in [9.17, 15) is 0 Å². The van der Waals surface area contributed by atoms with E-state index in [-0.39, 0.29) is 10.8 Å². The fourth-order valence-corrected chi connectivity index (χ4v) is 8.42. The first kappa shape index (κ1) is 30.2. The van der Waals surface area contributed by atoms with Gasteiger partial charge in [0.15, 0.2) is 0 Å². The molecule has 0 saturated carbocycles. The van der Waals surface area contributed by atoms with Crippen molar-refractivity contribution in [2.75, 3.05) is 9.80 Å². The summed E-state index contributed by atoms with van der Waals surface area (Å²) >= 11 is 0. The lowest BCUT2D eigenvalue weighted by Gasteiger charge is -2.42. The first-order chi connectivity index (χ1) is 24.3. The molecule has 0 aromatic heterocycles. The second-order valence-electron chi connectivity index (χ2n) is 14.7. The average Bonchev–Trinajstić information content (AvgIpc) is 3.16. The van der Waals surface area contributed by atoms with Crippen molar-refractivity contribution < 1.29 is 0 Å². The fraction of sp³-hybridized carbons (Fsp3) is 0.125. The number of rotatable bonds is 4. The largest absolute Gasteiger partial charge is 0.310 e. The zero-order chi connectivity index (χ0) is 34.0. The highest BCUT2D eigenvalue weighted by Crippen LogP contribution is 2.53. The summed E-state index contributed by atoms with van der Waals surface area (Å²) in [5, 5.41) is 0. The summed E-state index contributed by atoms with van der Waals surface area (Å²) in [6.07, 6.45) is 0. The molecule has 0 aliphatic carbocycles. The average molecular weight is 645 g/mol. The van der Waals surface area contributed by atoms with Crippen LogP contribution in [0, 0.1) is 0 Å². The van der Waals surface area contributed by atoms with Gasteiger partial charge >= 0.3 is 0 Å². The van der Waals surface area contributed by atoms with Crippen molar-refractivity contribution in [2.45, 2.75) is 38.5 Å². The summed E-state index contributed by atoms with van der Waals surface area (Å²) in [7, 11) is 0. The number of nitrogens with zero attached hydrogens (tertiary/aromatic N) is 2. The lowest BCUT2D eigenvalue weighted by atomic mass is 9.73. The fourth-order valence-electron chi connectivity index (χ4n) is 8.42. The van der Waals surface area contributed by atoms with E-state index in [1.807, 2.05) is 0 Å². The van der Waals surface area contributed by atoms with Crippen molar-refractivity contribution >= 4 is 34.1 Å². The molecule has 2 aliphatic rings. The Labute approximate surface area is 295 Å². The second-order valence-corrected chi connectivity index (χ2v) is 14.7. The van der Waals surface area contributed by atoms with Crippen molar-refractivity contribution in [1.29, 1.82) is 0 Å². The molecule has 2 heterocycles. The molecule has 0 unspecified atom stereocenters. The van der Waals surface area contributed by atoms with E-state index in [2.05, 4.69) is 207 Å². The van der Waals surface area contributed by atoms with Gasteiger partial charge in [-0.25, -0.2) is 0 Å². The smallest absolute Gasteiger partial charge is 0.0502 e. The van der Waals surface area contributed by atoms with E-state index in [1.165, 1.54) is 67.3 Å². The summed E-state index contributed by atoms with van der Waals surface area (Å²) in [4.78, 5) is 4.87. The molecule has 0 atom stereocenters.